The third kappa shape index (κ3) is 3.20. The van der Waals surface area contributed by atoms with E-state index >= 15 is 0 Å². The molecule has 0 amide bonds. The lowest BCUT2D eigenvalue weighted by Crippen LogP contribution is -2.52. The minimum Gasteiger partial charge on any atom is -0.307 e. The van der Waals surface area contributed by atoms with Gasteiger partial charge in [0.2, 0.25) is 0 Å². The number of halogens is 6. The fraction of sp³-hybridized carbons (Fsp3) is 0.857. The van der Waals surface area contributed by atoms with Gasteiger partial charge in [-0.15, -0.1) is 69.6 Å². The Morgan fingerprint density at radius 1 is 0.500 bits per heavy atom. The molecule has 7 heteroatoms. The molecule has 0 radical (unpaired) electrons. The second-order valence-electron chi connectivity index (χ2n) is 2.67. The molecule has 1 rings (SSSR count). The largest absolute Gasteiger partial charge is 0.307 e. The van der Waals surface area contributed by atoms with Crippen molar-refractivity contribution >= 4 is 76.4 Å². The molecule has 0 N–H and O–H groups in total. The first-order valence-corrected chi connectivity index (χ1v) is 6.22. The van der Waals surface area contributed by atoms with Crippen LogP contribution in [0.25, 0.3) is 0 Å². The molecule has 0 heterocycles. The van der Waals surface area contributed by atoms with Crippen LogP contribution in [0.5, 0.6) is 0 Å². The fourth-order valence-electron chi connectivity index (χ4n) is 1.05. The molecule has 1 nitrogen and oxygen atoms in total. The third-order valence-corrected chi connectivity index (χ3v) is 5.86. The van der Waals surface area contributed by atoms with Crippen LogP contribution < -0.4 is 0 Å². The van der Waals surface area contributed by atoms with E-state index in [4.69, 9.17) is 74.4 Å². The van der Waals surface area contributed by atoms with Gasteiger partial charge >= 0.3 is 0 Å². The monoisotopic (exact) mass is 318 g/mol. The first-order chi connectivity index (χ1) is 6.46. The average Bonchev–Trinajstić information content (AvgIpc) is 2.24. The van der Waals surface area contributed by atoms with Gasteiger partial charge in [0.1, 0.15) is 6.79 Å². The number of hydrogen-bond donors (Lipinski definition) is 0. The molecule has 0 unspecified atom stereocenters. The van der Waals surface area contributed by atoms with Crippen LogP contribution >= 0.6 is 69.6 Å². The molecular formula is C7H8Cl6O. The Morgan fingerprint density at radius 2 is 0.571 bits per heavy atom. The molecule has 0 saturated heterocycles. The van der Waals surface area contributed by atoms with Crippen LogP contribution in [0.15, 0.2) is 0 Å². The number of hydrogen-bond acceptors (Lipinski definition) is 1. The van der Waals surface area contributed by atoms with Gasteiger partial charge in [-0.2, -0.15) is 0 Å². The molecule has 0 aromatic rings. The lowest BCUT2D eigenvalue weighted by molar-refractivity contribution is -0.0979. The minimum atomic E-state index is -0.437. The molecule has 0 spiro atoms. The molecule has 1 aliphatic carbocycles. The molecular weight excluding hydrogens is 313 g/mol. The van der Waals surface area contributed by atoms with E-state index in [-0.39, 0.29) is 0 Å². The molecule has 1 fully saturated rings. The van der Waals surface area contributed by atoms with Crippen LogP contribution in [0.1, 0.15) is 0 Å². The number of carbonyl (C=O) groups is 1. The van der Waals surface area contributed by atoms with Crippen molar-refractivity contribution in [3.63, 3.8) is 0 Å². The van der Waals surface area contributed by atoms with Crippen LogP contribution in [0.3, 0.4) is 0 Å². The predicted octanol–water partition coefficient (Wildman–Crippen LogP) is 3.46. The quantitative estimate of drug-likeness (QED) is 0.625. The fourth-order valence-corrected chi connectivity index (χ4v) is 3.38. The van der Waals surface area contributed by atoms with E-state index in [2.05, 4.69) is 0 Å². The Hall–Kier alpha value is 1.41. The van der Waals surface area contributed by atoms with E-state index in [0.717, 1.165) is 0 Å². The summed E-state index contributed by atoms with van der Waals surface area (Å²) in [5.41, 5.74) is 0. The van der Waals surface area contributed by atoms with E-state index in [1.807, 2.05) is 6.79 Å². The number of rotatable bonds is 0. The van der Waals surface area contributed by atoms with E-state index in [0.29, 0.717) is 0 Å². The first-order valence-electron chi connectivity index (χ1n) is 3.60. The highest BCUT2D eigenvalue weighted by Crippen LogP contribution is 2.39. The molecule has 1 aliphatic rings. The van der Waals surface area contributed by atoms with Gasteiger partial charge in [0, 0.05) is 0 Å². The SMILES string of the molecule is C=O.Cl[C@H]1[C@H](Cl)[C@@H](Cl)[C@@H](Cl)[C@H](Cl)[C@H]1Cl. The molecule has 84 valence electrons. The zero-order valence-electron chi connectivity index (χ0n) is 6.85. The summed E-state index contributed by atoms with van der Waals surface area (Å²) in [5.74, 6) is 0. The summed E-state index contributed by atoms with van der Waals surface area (Å²) >= 11 is 35.3. The summed E-state index contributed by atoms with van der Waals surface area (Å²) in [6.07, 6.45) is 0. The summed E-state index contributed by atoms with van der Waals surface area (Å²) in [7, 11) is 0. The lowest BCUT2D eigenvalue weighted by Gasteiger charge is -2.37. The van der Waals surface area contributed by atoms with Crippen molar-refractivity contribution in [2.45, 2.75) is 32.3 Å². The highest BCUT2D eigenvalue weighted by molar-refractivity contribution is 6.45. The molecule has 0 aliphatic heterocycles. The second-order valence-corrected chi connectivity index (χ2v) is 5.69. The van der Waals surface area contributed by atoms with Crippen molar-refractivity contribution < 1.29 is 4.79 Å². The zero-order valence-corrected chi connectivity index (χ0v) is 11.4. The summed E-state index contributed by atoms with van der Waals surface area (Å²) in [4.78, 5) is 8.00. The topological polar surface area (TPSA) is 17.1 Å². The molecule has 0 bridgehead atoms. The van der Waals surface area contributed by atoms with Crippen LogP contribution in [-0.2, 0) is 4.79 Å². The average molecular weight is 321 g/mol. The van der Waals surface area contributed by atoms with Gasteiger partial charge in [0.25, 0.3) is 0 Å². The lowest BCUT2D eigenvalue weighted by atomic mass is 9.97. The van der Waals surface area contributed by atoms with Gasteiger partial charge < -0.3 is 4.79 Å². The van der Waals surface area contributed by atoms with Gasteiger partial charge in [-0.1, -0.05) is 0 Å². The molecule has 1 saturated carbocycles. The van der Waals surface area contributed by atoms with E-state index in [1.165, 1.54) is 0 Å². The van der Waals surface area contributed by atoms with Gasteiger partial charge in [0.15, 0.2) is 0 Å². The van der Waals surface area contributed by atoms with E-state index < -0.39 is 32.3 Å². The van der Waals surface area contributed by atoms with Crippen molar-refractivity contribution in [2.75, 3.05) is 0 Å². The Labute approximate surface area is 113 Å². The number of carbonyl (C=O) groups excluding carboxylic acids is 1. The van der Waals surface area contributed by atoms with Gasteiger partial charge in [0.05, 0.1) is 32.3 Å². The van der Waals surface area contributed by atoms with Crippen molar-refractivity contribution in [2.24, 2.45) is 0 Å². The molecule has 0 aromatic carbocycles. The Kier molecular flexibility index (Phi) is 7.57. The standard InChI is InChI=1S/C6H6Cl6.CH2O/c7-1-2(8)4(10)6(12)5(11)3(1)9;1-2/h1-6H;1H2/t1-,2-,3-,4+,5+,6+;. The maximum Gasteiger partial charge on any atom is 0.106 e. The van der Waals surface area contributed by atoms with Crippen molar-refractivity contribution in [1.82, 2.24) is 0 Å². The van der Waals surface area contributed by atoms with Crippen molar-refractivity contribution in [3.8, 4) is 0 Å². The highest BCUT2D eigenvalue weighted by Gasteiger charge is 2.46. The van der Waals surface area contributed by atoms with Crippen LogP contribution in [0, 0.1) is 0 Å². The summed E-state index contributed by atoms with van der Waals surface area (Å²) in [6, 6.07) is 0. The Bertz CT molecular complexity index is 121. The molecule has 14 heavy (non-hydrogen) atoms. The van der Waals surface area contributed by atoms with Crippen LogP contribution in [0.2, 0.25) is 0 Å². The minimum absolute atomic E-state index is 0.437. The summed E-state index contributed by atoms with van der Waals surface area (Å²) in [6.45, 7) is 2.00. The second kappa shape index (κ2) is 6.88. The highest BCUT2D eigenvalue weighted by atomic mass is 35.5. The molecule has 0 atom stereocenters. The van der Waals surface area contributed by atoms with Gasteiger partial charge in [-0.05, 0) is 0 Å². The number of alkyl halides is 6. The van der Waals surface area contributed by atoms with Gasteiger partial charge in [-0.25, -0.2) is 0 Å². The Balaban J connectivity index is 0.000000791. The normalized spacial score (nSPS) is 47.9. The Morgan fingerprint density at radius 3 is 0.643 bits per heavy atom. The smallest absolute Gasteiger partial charge is 0.106 e. The molecule has 0 aromatic heterocycles. The maximum absolute atomic E-state index is 8.00. The van der Waals surface area contributed by atoms with Crippen LogP contribution in [0.4, 0.5) is 0 Å². The van der Waals surface area contributed by atoms with Crippen molar-refractivity contribution in [1.29, 1.82) is 0 Å². The van der Waals surface area contributed by atoms with Crippen LogP contribution in [-0.4, -0.2) is 39.1 Å². The third-order valence-electron chi connectivity index (χ3n) is 1.83. The van der Waals surface area contributed by atoms with Crippen molar-refractivity contribution in [3.05, 3.63) is 0 Å². The van der Waals surface area contributed by atoms with Gasteiger partial charge in [-0.3, -0.25) is 0 Å². The maximum atomic E-state index is 8.00. The van der Waals surface area contributed by atoms with E-state index in [9.17, 15) is 0 Å². The summed E-state index contributed by atoms with van der Waals surface area (Å²) in [5, 5.41) is -2.62. The summed E-state index contributed by atoms with van der Waals surface area (Å²) < 4.78 is 0. The zero-order chi connectivity index (χ0) is 11.5. The van der Waals surface area contributed by atoms with E-state index in [1.54, 1.807) is 0 Å². The predicted molar refractivity (Wildman–Crippen MR) is 65.0 cm³/mol. The first kappa shape index (κ1) is 15.4.